The summed E-state index contributed by atoms with van der Waals surface area (Å²) in [5, 5.41) is 4.50. The smallest absolute Gasteiger partial charge is 0.228 e. The maximum absolute atomic E-state index is 12.7. The van der Waals surface area contributed by atoms with Crippen LogP contribution in [0.3, 0.4) is 0 Å². The van der Waals surface area contributed by atoms with Crippen LogP contribution in [0.1, 0.15) is 51.8 Å². The molecular weight excluding hydrogens is 328 g/mol. The second-order valence-corrected chi connectivity index (χ2v) is 8.95. The Morgan fingerprint density at radius 2 is 1.88 bits per heavy atom. The first-order chi connectivity index (χ1) is 12.4. The van der Waals surface area contributed by atoms with Gasteiger partial charge in [-0.25, -0.2) is 0 Å². The summed E-state index contributed by atoms with van der Waals surface area (Å²) in [5.74, 6) is 1.33. The monoisotopic (exact) mass is 358 g/mol. The zero-order valence-corrected chi connectivity index (χ0v) is 16.1. The molecule has 3 heterocycles. The van der Waals surface area contributed by atoms with Gasteiger partial charge >= 0.3 is 0 Å². The average Bonchev–Trinajstić information content (AvgIpc) is 3.05. The Balaban J connectivity index is 1.33. The number of nitrogens with zero attached hydrogens (tertiary/aromatic N) is 4. The van der Waals surface area contributed by atoms with E-state index in [9.17, 15) is 9.59 Å². The molecule has 1 aliphatic carbocycles. The lowest BCUT2D eigenvalue weighted by molar-refractivity contribution is -0.132. The van der Waals surface area contributed by atoms with Gasteiger partial charge in [-0.2, -0.15) is 5.10 Å². The van der Waals surface area contributed by atoms with E-state index in [2.05, 4.69) is 30.8 Å². The fourth-order valence-electron chi connectivity index (χ4n) is 4.53. The number of hydrogen-bond donors (Lipinski definition) is 0. The van der Waals surface area contributed by atoms with Crippen LogP contribution in [0, 0.1) is 17.3 Å². The van der Waals surface area contributed by atoms with Gasteiger partial charge in [0.15, 0.2) is 0 Å². The predicted molar refractivity (Wildman–Crippen MR) is 98.4 cm³/mol. The first-order valence-electron chi connectivity index (χ1n) is 9.97. The van der Waals surface area contributed by atoms with Crippen molar-refractivity contribution in [3.8, 4) is 0 Å². The van der Waals surface area contributed by atoms with Crippen molar-refractivity contribution in [1.82, 2.24) is 19.6 Å². The molecule has 3 aliphatic rings. The molecule has 1 unspecified atom stereocenters. The summed E-state index contributed by atoms with van der Waals surface area (Å²) in [7, 11) is 0. The van der Waals surface area contributed by atoms with E-state index in [0.717, 1.165) is 51.1 Å². The third-order valence-corrected chi connectivity index (χ3v) is 6.49. The van der Waals surface area contributed by atoms with Crippen molar-refractivity contribution in [2.24, 2.45) is 17.3 Å². The summed E-state index contributed by atoms with van der Waals surface area (Å²) in [5.41, 5.74) is 0.969. The summed E-state index contributed by atoms with van der Waals surface area (Å²) in [6.07, 6.45) is 5.42. The van der Waals surface area contributed by atoms with E-state index in [1.165, 1.54) is 0 Å². The number of carbonyl (C=O) groups excluding carboxylic acids is 2. The molecule has 0 bridgehead atoms. The van der Waals surface area contributed by atoms with Crippen LogP contribution in [-0.2, 0) is 16.0 Å². The van der Waals surface area contributed by atoms with Gasteiger partial charge in [0.2, 0.25) is 11.8 Å². The zero-order chi connectivity index (χ0) is 18.5. The van der Waals surface area contributed by atoms with Crippen LogP contribution in [0.2, 0.25) is 0 Å². The molecule has 26 heavy (non-hydrogen) atoms. The van der Waals surface area contributed by atoms with Crippen molar-refractivity contribution >= 4 is 11.8 Å². The average molecular weight is 358 g/mol. The Labute approximate surface area is 155 Å². The maximum Gasteiger partial charge on any atom is 0.228 e. The maximum atomic E-state index is 12.7. The third-order valence-electron chi connectivity index (χ3n) is 6.49. The minimum absolute atomic E-state index is 0.126. The van der Waals surface area contributed by atoms with Crippen LogP contribution in [0.4, 0.5) is 0 Å². The van der Waals surface area contributed by atoms with Crippen molar-refractivity contribution in [2.45, 2.75) is 52.5 Å². The first kappa shape index (κ1) is 17.6. The minimum Gasteiger partial charge on any atom is -0.342 e. The van der Waals surface area contributed by atoms with Crippen LogP contribution >= 0.6 is 0 Å². The Morgan fingerprint density at radius 3 is 2.50 bits per heavy atom. The van der Waals surface area contributed by atoms with Gasteiger partial charge in [0.25, 0.3) is 0 Å². The largest absolute Gasteiger partial charge is 0.342 e. The van der Waals surface area contributed by atoms with Crippen LogP contribution < -0.4 is 0 Å². The Hall–Kier alpha value is -1.85. The minimum atomic E-state index is 0.126. The number of rotatable bonds is 4. The Kier molecular flexibility index (Phi) is 4.32. The van der Waals surface area contributed by atoms with Gasteiger partial charge in [-0.3, -0.25) is 14.3 Å². The normalized spacial score (nSPS) is 30.6. The van der Waals surface area contributed by atoms with E-state index in [-0.39, 0.29) is 17.2 Å². The quantitative estimate of drug-likeness (QED) is 0.828. The molecular formula is C20H30N4O2. The van der Waals surface area contributed by atoms with E-state index in [4.69, 9.17) is 0 Å². The molecule has 0 radical (unpaired) electrons. The lowest BCUT2D eigenvalue weighted by Crippen LogP contribution is -2.36. The highest BCUT2D eigenvalue weighted by atomic mass is 16.2. The van der Waals surface area contributed by atoms with Crippen LogP contribution in [-0.4, -0.2) is 57.6 Å². The molecule has 2 amide bonds. The molecule has 4 rings (SSSR count). The van der Waals surface area contributed by atoms with E-state index in [0.29, 0.717) is 24.3 Å². The second kappa shape index (κ2) is 6.39. The molecule has 0 N–H and O–H groups in total. The van der Waals surface area contributed by atoms with E-state index >= 15 is 0 Å². The van der Waals surface area contributed by atoms with E-state index in [1.807, 2.05) is 21.8 Å². The van der Waals surface area contributed by atoms with Crippen molar-refractivity contribution in [3.05, 3.63) is 18.0 Å². The van der Waals surface area contributed by atoms with Gasteiger partial charge in [-0.15, -0.1) is 0 Å². The van der Waals surface area contributed by atoms with Crippen molar-refractivity contribution in [1.29, 1.82) is 0 Å². The van der Waals surface area contributed by atoms with Crippen molar-refractivity contribution < 1.29 is 9.59 Å². The van der Waals surface area contributed by atoms with E-state index in [1.54, 1.807) is 0 Å². The number of hydrogen-bond acceptors (Lipinski definition) is 3. The van der Waals surface area contributed by atoms with E-state index < -0.39 is 0 Å². The highest BCUT2D eigenvalue weighted by Gasteiger charge is 2.49. The Morgan fingerprint density at radius 1 is 1.23 bits per heavy atom. The van der Waals surface area contributed by atoms with Crippen LogP contribution in [0.15, 0.2) is 12.3 Å². The number of likely N-dealkylation sites (tertiary alicyclic amines) is 2. The van der Waals surface area contributed by atoms with Gasteiger partial charge in [0.05, 0.1) is 12.1 Å². The topological polar surface area (TPSA) is 58.4 Å². The molecule has 6 nitrogen and oxygen atoms in total. The molecule has 1 spiro atoms. The molecule has 2 saturated heterocycles. The molecule has 3 atom stereocenters. The molecule has 142 valence electrons. The summed E-state index contributed by atoms with van der Waals surface area (Å²) >= 11 is 0. The lowest BCUT2D eigenvalue weighted by Gasteiger charge is -2.24. The molecule has 0 aromatic carbocycles. The lowest BCUT2D eigenvalue weighted by atomic mass is 9.86. The van der Waals surface area contributed by atoms with Gasteiger partial charge < -0.3 is 9.80 Å². The summed E-state index contributed by atoms with van der Waals surface area (Å²) in [6, 6.07) is 2.25. The van der Waals surface area contributed by atoms with Crippen LogP contribution in [0.25, 0.3) is 0 Å². The first-order valence-corrected chi connectivity index (χ1v) is 9.97. The highest BCUT2D eigenvalue weighted by Crippen LogP contribution is 2.44. The third kappa shape index (κ3) is 3.26. The number of amides is 2. The van der Waals surface area contributed by atoms with Gasteiger partial charge in [-0.1, -0.05) is 6.92 Å². The van der Waals surface area contributed by atoms with Gasteiger partial charge in [0.1, 0.15) is 0 Å². The van der Waals surface area contributed by atoms with Crippen molar-refractivity contribution in [2.75, 3.05) is 26.2 Å². The Bertz CT molecular complexity index is 712. The fourth-order valence-corrected chi connectivity index (χ4v) is 4.53. The van der Waals surface area contributed by atoms with Gasteiger partial charge in [0, 0.05) is 49.8 Å². The van der Waals surface area contributed by atoms with Crippen molar-refractivity contribution in [3.63, 3.8) is 0 Å². The zero-order valence-electron chi connectivity index (χ0n) is 16.1. The number of carbonyl (C=O) groups is 2. The molecule has 1 aromatic rings. The second-order valence-electron chi connectivity index (χ2n) is 8.95. The fraction of sp³-hybridized carbons (Fsp3) is 0.750. The standard InChI is InChI=1S/C20H30N4O2/c1-14(2)24-7-4-16(21-24)11-18(25)22-8-5-20(12-22)6-9-23(13-20)19(26)17-10-15(17)3/h4,7,14-15,17H,5-6,8-13H2,1-3H3/t15-,17-,20?/m1/s1. The van der Waals surface area contributed by atoms with Crippen LogP contribution in [0.5, 0.6) is 0 Å². The summed E-state index contributed by atoms with van der Waals surface area (Å²) in [4.78, 5) is 29.3. The summed E-state index contributed by atoms with van der Waals surface area (Å²) < 4.78 is 1.90. The molecule has 3 fully saturated rings. The summed E-state index contributed by atoms with van der Waals surface area (Å²) in [6.45, 7) is 9.62. The highest BCUT2D eigenvalue weighted by molar-refractivity contribution is 5.82. The number of aromatic nitrogens is 2. The predicted octanol–water partition coefficient (Wildman–Crippen LogP) is 2.11. The molecule has 2 aliphatic heterocycles. The van der Waals surface area contributed by atoms with Gasteiger partial charge in [-0.05, 0) is 45.1 Å². The SMILES string of the molecule is CC(C)n1ccc(CC(=O)N2CCC3(CCN(C(=O)[C@@H]4C[C@H]4C)C3)C2)n1. The molecule has 6 heteroatoms. The molecule has 1 aromatic heterocycles. The molecule has 1 saturated carbocycles.